The quantitative estimate of drug-likeness (QED) is 0.789. The molecule has 0 unspecified atom stereocenters. The first-order valence-corrected chi connectivity index (χ1v) is 10.2. The molecule has 1 fully saturated rings. The summed E-state index contributed by atoms with van der Waals surface area (Å²) in [6, 6.07) is 15.0. The summed E-state index contributed by atoms with van der Waals surface area (Å²) < 4.78 is 32.3. The van der Waals surface area contributed by atoms with E-state index in [1.54, 1.807) is 16.4 Å². The van der Waals surface area contributed by atoms with E-state index in [-0.39, 0.29) is 4.90 Å². The lowest BCUT2D eigenvalue weighted by molar-refractivity contribution is 0.273. The van der Waals surface area contributed by atoms with Crippen LogP contribution in [-0.4, -0.2) is 32.9 Å². The lowest BCUT2D eigenvalue weighted by atomic mass is 9.91. The van der Waals surface area contributed by atoms with Gasteiger partial charge in [0.1, 0.15) is 5.75 Å². The Kier molecular flexibility index (Phi) is 5.67. The van der Waals surface area contributed by atoms with Gasteiger partial charge in [-0.2, -0.15) is 4.31 Å². The van der Waals surface area contributed by atoms with Crippen molar-refractivity contribution in [2.45, 2.75) is 24.2 Å². The van der Waals surface area contributed by atoms with Crippen molar-refractivity contribution in [3.63, 3.8) is 0 Å². The number of sulfonamides is 1. The zero-order valence-electron chi connectivity index (χ0n) is 14.2. The van der Waals surface area contributed by atoms with Gasteiger partial charge >= 0.3 is 0 Å². The number of hydrogen-bond acceptors (Lipinski definition) is 3. The molecule has 4 nitrogen and oxygen atoms in total. The maximum atomic E-state index is 12.8. The van der Waals surface area contributed by atoms with E-state index in [0.29, 0.717) is 29.8 Å². The molecule has 0 N–H and O–H groups in total. The van der Waals surface area contributed by atoms with Crippen LogP contribution in [0.4, 0.5) is 0 Å². The number of halogens is 1. The van der Waals surface area contributed by atoms with Gasteiger partial charge in [-0.25, -0.2) is 8.42 Å². The molecule has 1 saturated heterocycles. The lowest BCUT2D eigenvalue weighted by Gasteiger charge is -2.31. The predicted molar refractivity (Wildman–Crippen MR) is 99.6 cm³/mol. The van der Waals surface area contributed by atoms with E-state index in [1.807, 2.05) is 18.2 Å². The smallest absolute Gasteiger partial charge is 0.243 e. The molecule has 2 aromatic carbocycles. The van der Waals surface area contributed by atoms with Crippen molar-refractivity contribution in [2.75, 3.05) is 20.2 Å². The van der Waals surface area contributed by atoms with E-state index in [0.717, 1.165) is 19.3 Å². The Balaban J connectivity index is 1.66. The van der Waals surface area contributed by atoms with Gasteiger partial charge in [0.2, 0.25) is 10.0 Å². The van der Waals surface area contributed by atoms with E-state index >= 15 is 0 Å². The molecule has 0 radical (unpaired) electrons. The second-order valence-corrected chi connectivity index (χ2v) is 8.68. The molecule has 1 heterocycles. The average molecular weight is 380 g/mol. The summed E-state index contributed by atoms with van der Waals surface area (Å²) >= 11 is 6.08. The number of methoxy groups -OCH3 is 1. The van der Waals surface area contributed by atoms with Gasteiger partial charge in [0.15, 0.2) is 0 Å². The fourth-order valence-electron chi connectivity index (χ4n) is 3.26. The molecule has 1 aliphatic rings. The summed E-state index contributed by atoms with van der Waals surface area (Å²) in [4.78, 5) is 0.222. The number of rotatable bonds is 5. The van der Waals surface area contributed by atoms with Crippen molar-refractivity contribution in [1.82, 2.24) is 4.31 Å². The number of ether oxygens (including phenoxy) is 1. The van der Waals surface area contributed by atoms with Gasteiger partial charge in [0.05, 0.1) is 17.0 Å². The molecule has 0 amide bonds. The maximum Gasteiger partial charge on any atom is 0.243 e. The highest BCUT2D eigenvalue weighted by Crippen LogP contribution is 2.30. The van der Waals surface area contributed by atoms with Gasteiger partial charge in [-0.3, -0.25) is 0 Å². The van der Waals surface area contributed by atoms with Crippen LogP contribution in [0.5, 0.6) is 5.75 Å². The third kappa shape index (κ3) is 4.17. The molecular weight excluding hydrogens is 358 g/mol. The van der Waals surface area contributed by atoms with Crippen LogP contribution in [0.1, 0.15) is 18.4 Å². The summed E-state index contributed by atoms with van der Waals surface area (Å²) in [5.74, 6) is 0.996. The van der Waals surface area contributed by atoms with Crippen molar-refractivity contribution in [2.24, 2.45) is 5.92 Å². The van der Waals surface area contributed by atoms with E-state index in [9.17, 15) is 8.42 Å². The Hall–Kier alpha value is -1.56. The SMILES string of the molecule is COc1ccc(S(=O)(=O)N2CCC(Cc3ccccc3)CC2)cc1Cl. The highest BCUT2D eigenvalue weighted by Gasteiger charge is 2.29. The average Bonchev–Trinajstić information content (AvgIpc) is 2.63. The van der Waals surface area contributed by atoms with Crippen LogP contribution in [-0.2, 0) is 16.4 Å². The normalized spacial score (nSPS) is 16.7. The molecule has 0 aliphatic carbocycles. The topological polar surface area (TPSA) is 46.6 Å². The van der Waals surface area contributed by atoms with Gasteiger partial charge < -0.3 is 4.74 Å². The van der Waals surface area contributed by atoms with E-state index in [4.69, 9.17) is 16.3 Å². The third-order valence-corrected chi connectivity index (χ3v) is 6.89. The van der Waals surface area contributed by atoms with Crippen LogP contribution in [0.15, 0.2) is 53.4 Å². The summed E-state index contributed by atoms with van der Waals surface area (Å²) in [5, 5.41) is 0.308. The second kappa shape index (κ2) is 7.77. The minimum Gasteiger partial charge on any atom is -0.495 e. The Morgan fingerprint density at radius 3 is 2.40 bits per heavy atom. The Labute approximate surface area is 154 Å². The minimum atomic E-state index is -3.51. The molecule has 2 aromatic rings. The van der Waals surface area contributed by atoms with Crippen molar-refractivity contribution < 1.29 is 13.2 Å². The fourth-order valence-corrected chi connectivity index (χ4v) is 5.08. The van der Waals surface area contributed by atoms with Crippen LogP contribution >= 0.6 is 11.6 Å². The monoisotopic (exact) mass is 379 g/mol. The summed E-state index contributed by atoms with van der Waals surface area (Å²) in [5.41, 5.74) is 1.31. The number of nitrogens with zero attached hydrogens (tertiary/aromatic N) is 1. The Morgan fingerprint density at radius 2 is 1.80 bits per heavy atom. The van der Waals surface area contributed by atoms with Crippen molar-refractivity contribution >= 4 is 21.6 Å². The van der Waals surface area contributed by atoms with E-state index in [1.165, 1.54) is 18.7 Å². The van der Waals surface area contributed by atoms with Gasteiger partial charge in [-0.1, -0.05) is 41.9 Å². The fraction of sp³-hybridized carbons (Fsp3) is 0.368. The van der Waals surface area contributed by atoms with Gasteiger partial charge in [0, 0.05) is 13.1 Å². The van der Waals surface area contributed by atoms with Crippen LogP contribution in [0.25, 0.3) is 0 Å². The van der Waals surface area contributed by atoms with Crippen LogP contribution in [0.3, 0.4) is 0 Å². The lowest BCUT2D eigenvalue weighted by Crippen LogP contribution is -2.38. The number of benzene rings is 2. The minimum absolute atomic E-state index is 0.222. The molecule has 0 atom stereocenters. The summed E-state index contributed by atoms with van der Waals surface area (Å²) in [6.45, 7) is 1.09. The first-order valence-electron chi connectivity index (χ1n) is 8.38. The molecular formula is C19H22ClNO3S. The molecule has 25 heavy (non-hydrogen) atoms. The molecule has 6 heteroatoms. The zero-order valence-corrected chi connectivity index (χ0v) is 15.8. The molecule has 0 spiro atoms. The molecule has 0 bridgehead atoms. The van der Waals surface area contributed by atoms with Crippen molar-refractivity contribution in [3.05, 3.63) is 59.1 Å². The van der Waals surface area contributed by atoms with Crippen LogP contribution < -0.4 is 4.74 Å². The van der Waals surface area contributed by atoms with Crippen LogP contribution in [0, 0.1) is 5.92 Å². The standard InChI is InChI=1S/C19H22ClNO3S/c1-24-19-8-7-17(14-18(19)20)25(22,23)21-11-9-16(10-12-21)13-15-5-3-2-4-6-15/h2-8,14,16H,9-13H2,1H3. The van der Waals surface area contributed by atoms with Gasteiger partial charge in [0.25, 0.3) is 0 Å². The van der Waals surface area contributed by atoms with E-state index < -0.39 is 10.0 Å². The molecule has 0 aromatic heterocycles. The van der Waals surface area contributed by atoms with Crippen molar-refractivity contribution in [1.29, 1.82) is 0 Å². The molecule has 3 rings (SSSR count). The van der Waals surface area contributed by atoms with Gasteiger partial charge in [-0.05, 0) is 48.9 Å². The maximum absolute atomic E-state index is 12.8. The Morgan fingerprint density at radius 1 is 1.12 bits per heavy atom. The van der Waals surface area contributed by atoms with Crippen LogP contribution in [0.2, 0.25) is 5.02 Å². The largest absolute Gasteiger partial charge is 0.495 e. The summed E-state index contributed by atoms with van der Waals surface area (Å²) in [7, 11) is -2.01. The zero-order chi connectivity index (χ0) is 17.9. The first kappa shape index (κ1) is 18.2. The highest BCUT2D eigenvalue weighted by molar-refractivity contribution is 7.89. The second-order valence-electron chi connectivity index (χ2n) is 6.33. The molecule has 1 aliphatic heterocycles. The highest BCUT2D eigenvalue weighted by atomic mass is 35.5. The number of hydrogen-bond donors (Lipinski definition) is 0. The number of piperidine rings is 1. The van der Waals surface area contributed by atoms with E-state index in [2.05, 4.69) is 12.1 Å². The molecule has 134 valence electrons. The predicted octanol–water partition coefficient (Wildman–Crippen LogP) is 3.99. The first-order chi connectivity index (χ1) is 12.0. The summed E-state index contributed by atoms with van der Waals surface area (Å²) in [6.07, 6.45) is 2.75. The third-order valence-electron chi connectivity index (χ3n) is 4.70. The Bertz CT molecular complexity index is 816. The van der Waals surface area contributed by atoms with Crippen molar-refractivity contribution in [3.8, 4) is 5.75 Å². The van der Waals surface area contributed by atoms with Gasteiger partial charge in [-0.15, -0.1) is 0 Å². The molecule has 0 saturated carbocycles.